The van der Waals surface area contributed by atoms with E-state index in [1.54, 1.807) is 0 Å². The standard InChI is InChI=1S/C18H21N5OS2/c1-4-23-15(10-14-8-6-5-7-9-14)21-22-18(23)26-13(3)16(24)20-17-19-12(2)11-25-17/h5-9,11,13H,4,10H2,1-3H3,(H,19,20,24)/t13-/m1/s1. The fourth-order valence-corrected chi connectivity index (χ4v) is 4.09. The van der Waals surface area contributed by atoms with E-state index in [9.17, 15) is 4.79 Å². The van der Waals surface area contributed by atoms with Gasteiger partial charge in [-0.1, -0.05) is 42.1 Å². The van der Waals surface area contributed by atoms with Crippen molar-refractivity contribution in [2.75, 3.05) is 5.32 Å². The van der Waals surface area contributed by atoms with Crippen LogP contribution in [-0.4, -0.2) is 30.9 Å². The van der Waals surface area contributed by atoms with Gasteiger partial charge < -0.3 is 9.88 Å². The molecule has 1 aromatic carbocycles. The summed E-state index contributed by atoms with van der Waals surface area (Å²) in [6, 6.07) is 10.2. The fraction of sp³-hybridized carbons (Fsp3) is 0.333. The number of nitrogens with zero attached hydrogens (tertiary/aromatic N) is 4. The molecule has 0 aliphatic rings. The number of carbonyl (C=O) groups excluding carboxylic acids is 1. The van der Waals surface area contributed by atoms with Crippen LogP contribution in [0, 0.1) is 6.92 Å². The Morgan fingerprint density at radius 1 is 1.31 bits per heavy atom. The number of thioether (sulfide) groups is 1. The van der Waals surface area contributed by atoms with Crippen LogP contribution >= 0.6 is 23.1 Å². The summed E-state index contributed by atoms with van der Waals surface area (Å²) in [4.78, 5) is 16.7. The molecule has 6 nitrogen and oxygen atoms in total. The summed E-state index contributed by atoms with van der Waals surface area (Å²) in [5, 5.41) is 14.5. The molecule has 26 heavy (non-hydrogen) atoms. The first kappa shape index (κ1) is 18.6. The molecule has 0 aliphatic heterocycles. The van der Waals surface area contributed by atoms with Gasteiger partial charge in [-0.15, -0.1) is 21.5 Å². The molecule has 3 rings (SSSR count). The number of hydrogen-bond acceptors (Lipinski definition) is 6. The second-order valence-electron chi connectivity index (χ2n) is 5.85. The zero-order valence-electron chi connectivity index (χ0n) is 15.0. The Morgan fingerprint density at radius 3 is 2.73 bits per heavy atom. The maximum atomic E-state index is 12.4. The average molecular weight is 388 g/mol. The molecule has 136 valence electrons. The van der Waals surface area contributed by atoms with Crippen molar-refractivity contribution in [2.45, 2.75) is 44.1 Å². The first-order chi connectivity index (χ1) is 12.6. The van der Waals surface area contributed by atoms with Gasteiger partial charge in [-0.3, -0.25) is 4.79 Å². The predicted molar refractivity (Wildman–Crippen MR) is 106 cm³/mol. The maximum absolute atomic E-state index is 12.4. The lowest BCUT2D eigenvalue weighted by atomic mass is 10.1. The average Bonchev–Trinajstić information content (AvgIpc) is 3.21. The van der Waals surface area contributed by atoms with Gasteiger partial charge in [0.05, 0.1) is 10.9 Å². The zero-order valence-corrected chi connectivity index (χ0v) is 16.6. The molecule has 0 radical (unpaired) electrons. The van der Waals surface area contributed by atoms with E-state index >= 15 is 0 Å². The molecule has 2 heterocycles. The molecule has 0 bridgehead atoms. The summed E-state index contributed by atoms with van der Waals surface area (Å²) < 4.78 is 2.06. The van der Waals surface area contributed by atoms with Crippen LogP contribution in [0.15, 0.2) is 40.9 Å². The van der Waals surface area contributed by atoms with Crippen LogP contribution in [0.4, 0.5) is 5.13 Å². The number of rotatable bonds is 7. The van der Waals surface area contributed by atoms with Gasteiger partial charge in [0.2, 0.25) is 5.91 Å². The Hall–Kier alpha value is -2.19. The number of carbonyl (C=O) groups is 1. The van der Waals surface area contributed by atoms with Crippen LogP contribution in [0.1, 0.15) is 30.9 Å². The lowest BCUT2D eigenvalue weighted by Gasteiger charge is -2.11. The van der Waals surface area contributed by atoms with Gasteiger partial charge in [-0.25, -0.2) is 4.98 Å². The number of anilines is 1. The molecule has 1 N–H and O–H groups in total. The van der Waals surface area contributed by atoms with E-state index in [1.807, 2.05) is 37.4 Å². The smallest absolute Gasteiger partial charge is 0.239 e. The molecule has 2 aromatic heterocycles. The third-order valence-electron chi connectivity index (χ3n) is 3.82. The van der Waals surface area contributed by atoms with E-state index in [2.05, 4.69) is 44.1 Å². The zero-order chi connectivity index (χ0) is 18.5. The number of thiazole rings is 1. The number of hydrogen-bond donors (Lipinski definition) is 1. The summed E-state index contributed by atoms with van der Waals surface area (Å²) in [5.41, 5.74) is 2.10. The highest BCUT2D eigenvalue weighted by Crippen LogP contribution is 2.25. The normalized spacial score (nSPS) is 12.1. The van der Waals surface area contributed by atoms with E-state index in [-0.39, 0.29) is 11.2 Å². The van der Waals surface area contributed by atoms with Crippen molar-refractivity contribution in [3.63, 3.8) is 0 Å². The summed E-state index contributed by atoms with van der Waals surface area (Å²) >= 11 is 2.84. The Kier molecular flexibility index (Phi) is 6.05. The van der Waals surface area contributed by atoms with E-state index in [4.69, 9.17) is 0 Å². The summed E-state index contributed by atoms with van der Waals surface area (Å²) in [6.07, 6.45) is 0.723. The SMILES string of the molecule is CCn1c(Cc2ccccc2)nnc1S[C@H](C)C(=O)Nc1nc(C)cs1. The van der Waals surface area contributed by atoms with Crippen LogP contribution in [0.2, 0.25) is 0 Å². The van der Waals surface area contributed by atoms with Crippen molar-refractivity contribution in [3.05, 3.63) is 52.8 Å². The number of aryl methyl sites for hydroxylation is 1. The van der Waals surface area contributed by atoms with Crippen molar-refractivity contribution in [1.82, 2.24) is 19.7 Å². The minimum atomic E-state index is -0.293. The quantitative estimate of drug-likeness (QED) is 0.625. The first-order valence-corrected chi connectivity index (χ1v) is 10.2. The molecular weight excluding hydrogens is 366 g/mol. The summed E-state index contributed by atoms with van der Waals surface area (Å²) in [6.45, 7) is 6.59. The van der Waals surface area contributed by atoms with Gasteiger partial charge in [0, 0.05) is 18.3 Å². The van der Waals surface area contributed by atoms with Crippen molar-refractivity contribution in [1.29, 1.82) is 0 Å². The third-order valence-corrected chi connectivity index (χ3v) is 5.77. The molecule has 0 spiro atoms. The minimum absolute atomic E-state index is 0.0837. The number of benzene rings is 1. The Balaban J connectivity index is 1.68. The highest BCUT2D eigenvalue weighted by atomic mass is 32.2. The van der Waals surface area contributed by atoms with Crippen LogP contribution in [0.3, 0.4) is 0 Å². The van der Waals surface area contributed by atoms with Crippen LogP contribution < -0.4 is 5.32 Å². The maximum Gasteiger partial charge on any atom is 0.239 e. The van der Waals surface area contributed by atoms with Crippen LogP contribution in [-0.2, 0) is 17.8 Å². The molecule has 1 atom stereocenters. The predicted octanol–water partition coefficient (Wildman–Crippen LogP) is 3.77. The number of nitrogens with one attached hydrogen (secondary N) is 1. The lowest BCUT2D eigenvalue weighted by molar-refractivity contribution is -0.115. The Labute approximate surface area is 161 Å². The second-order valence-corrected chi connectivity index (χ2v) is 8.01. The summed E-state index contributed by atoms with van der Waals surface area (Å²) in [7, 11) is 0. The molecule has 0 unspecified atom stereocenters. The third kappa shape index (κ3) is 4.50. The van der Waals surface area contributed by atoms with E-state index in [1.165, 1.54) is 28.7 Å². The second kappa shape index (κ2) is 8.46. The molecule has 8 heteroatoms. The van der Waals surface area contributed by atoms with E-state index in [0.717, 1.165) is 29.6 Å². The molecule has 0 fully saturated rings. The molecule has 0 saturated carbocycles. The summed E-state index contributed by atoms with van der Waals surface area (Å²) in [5.74, 6) is 0.823. The largest absolute Gasteiger partial charge is 0.306 e. The van der Waals surface area contributed by atoms with Crippen LogP contribution in [0.5, 0.6) is 0 Å². The number of amides is 1. The van der Waals surface area contributed by atoms with Crippen molar-refractivity contribution >= 4 is 34.1 Å². The Bertz CT molecular complexity index is 875. The fourth-order valence-electron chi connectivity index (χ4n) is 2.46. The van der Waals surface area contributed by atoms with Gasteiger partial charge in [0.15, 0.2) is 10.3 Å². The monoisotopic (exact) mass is 387 g/mol. The highest BCUT2D eigenvalue weighted by molar-refractivity contribution is 8.00. The van der Waals surface area contributed by atoms with Gasteiger partial charge in [0.1, 0.15) is 5.82 Å². The topological polar surface area (TPSA) is 72.7 Å². The highest BCUT2D eigenvalue weighted by Gasteiger charge is 2.20. The van der Waals surface area contributed by atoms with E-state index < -0.39 is 0 Å². The Morgan fingerprint density at radius 2 is 2.08 bits per heavy atom. The van der Waals surface area contributed by atoms with Crippen molar-refractivity contribution in [2.24, 2.45) is 0 Å². The molecular formula is C18H21N5OS2. The van der Waals surface area contributed by atoms with Crippen molar-refractivity contribution < 1.29 is 4.79 Å². The molecule has 0 saturated heterocycles. The van der Waals surface area contributed by atoms with Gasteiger partial charge >= 0.3 is 0 Å². The molecule has 3 aromatic rings. The van der Waals surface area contributed by atoms with Gasteiger partial charge in [-0.05, 0) is 26.3 Å². The van der Waals surface area contributed by atoms with E-state index in [0.29, 0.717) is 5.13 Å². The lowest BCUT2D eigenvalue weighted by Crippen LogP contribution is -2.23. The number of aromatic nitrogens is 4. The van der Waals surface area contributed by atoms with Gasteiger partial charge in [-0.2, -0.15) is 0 Å². The van der Waals surface area contributed by atoms with Crippen molar-refractivity contribution in [3.8, 4) is 0 Å². The van der Waals surface area contributed by atoms with Crippen LogP contribution in [0.25, 0.3) is 0 Å². The van der Waals surface area contributed by atoms with Gasteiger partial charge in [0.25, 0.3) is 0 Å². The molecule has 0 aliphatic carbocycles. The minimum Gasteiger partial charge on any atom is -0.306 e. The first-order valence-electron chi connectivity index (χ1n) is 8.42. The molecule has 1 amide bonds.